The van der Waals surface area contributed by atoms with Gasteiger partial charge in [-0.3, -0.25) is 0 Å². The molecule has 0 radical (unpaired) electrons. The van der Waals surface area contributed by atoms with Gasteiger partial charge in [-0.25, -0.2) is 14.6 Å². The standard InChI is InChI=1S/C11H17N3O3S2/c1-7-9(10(15)16)19-8(13-7)6-12-11(17)14(2)4-5-18-3/h4-6H2,1-3H3,(H,12,17)(H,15,16). The number of aromatic nitrogens is 1. The summed E-state index contributed by atoms with van der Waals surface area (Å²) >= 11 is 2.76. The highest BCUT2D eigenvalue weighted by molar-refractivity contribution is 7.98. The van der Waals surface area contributed by atoms with Crippen LogP contribution in [0.2, 0.25) is 0 Å². The summed E-state index contributed by atoms with van der Waals surface area (Å²) in [5.74, 6) is -0.103. The zero-order valence-corrected chi connectivity index (χ0v) is 12.7. The van der Waals surface area contributed by atoms with E-state index < -0.39 is 5.97 Å². The molecule has 106 valence electrons. The van der Waals surface area contributed by atoms with Crippen molar-refractivity contribution in [3.05, 3.63) is 15.6 Å². The van der Waals surface area contributed by atoms with Gasteiger partial charge in [0.2, 0.25) is 0 Å². The van der Waals surface area contributed by atoms with Crippen LogP contribution in [0, 0.1) is 6.92 Å². The predicted octanol–water partition coefficient (Wildman–Crippen LogP) is 1.65. The average molecular weight is 303 g/mol. The van der Waals surface area contributed by atoms with Crippen molar-refractivity contribution in [3.8, 4) is 0 Å². The minimum absolute atomic E-state index is 0.182. The zero-order chi connectivity index (χ0) is 14.4. The Morgan fingerprint density at radius 3 is 2.74 bits per heavy atom. The molecular formula is C11H17N3O3S2. The number of carboxylic acids is 1. The van der Waals surface area contributed by atoms with E-state index in [1.54, 1.807) is 30.6 Å². The molecule has 0 saturated carbocycles. The molecule has 0 aromatic carbocycles. The maximum atomic E-state index is 11.7. The molecule has 2 N–H and O–H groups in total. The Labute approximate surface area is 120 Å². The number of rotatable bonds is 6. The Morgan fingerprint density at radius 2 is 2.21 bits per heavy atom. The Bertz CT molecular complexity index is 462. The van der Waals surface area contributed by atoms with Gasteiger partial charge < -0.3 is 15.3 Å². The number of hydrogen-bond acceptors (Lipinski definition) is 5. The van der Waals surface area contributed by atoms with Crippen molar-refractivity contribution in [2.45, 2.75) is 13.5 Å². The van der Waals surface area contributed by atoms with Crippen LogP contribution in [0.4, 0.5) is 4.79 Å². The summed E-state index contributed by atoms with van der Waals surface area (Å²) in [7, 11) is 1.72. The summed E-state index contributed by atoms with van der Waals surface area (Å²) in [6.07, 6.45) is 1.98. The molecule has 0 saturated heterocycles. The van der Waals surface area contributed by atoms with Crippen LogP contribution in [-0.4, -0.2) is 52.6 Å². The smallest absolute Gasteiger partial charge is 0.347 e. The number of hydrogen-bond donors (Lipinski definition) is 2. The quantitative estimate of drug-likeness (QED) is 0.835. The van der Waals surface area contributed by atoms with E-state index in [9.17, 15) is 9.59 Å². The Morgan fingerprint density at radius 1 is 1.53 bits per heavy atom. The third-order valence-corrected chi connectivity index (χ3v) is 4.14. The summed E-state index contributed by atoms with van der Waals surface area (Å²) in [4.78, 5) is 28.5. The second kappa shape index (κ2) is 7.34. The monoisotopic (exact) mass is 303 g/mol. The van der Waals surface area contributed by atoms with Gasteiger partial charge in [0.1, 0.15) is 9.88 Å². The molecule has 1 heterocycles. The molecule has 1 rings (SSSR count). The van der Waals surface area contributed by atoms with Gasteiger partial charge in [0.15, 0.2) is 0 Å². The zero-order valence-electron chi connectivity index (χ0n) is 11.1. The van der Waals surface area contributed by atoms with Crippen molar-refractivity contribution in [2.75, 3.05) is 25.6 Å². The number of aromatic carboxylic acids is 1. The normalized spacial score (nSPS) is 10.3. The first-order chi connectivity index (χ1) is 8.95. The van der Waals surface area contributed by atoms with Gasteiger partial charge in [-0.1, -0.05) is 0 Å². The first-order valence-corrected chi connectivity index (χ1v) is 7.84. The number of carbonyl (C=O) groups is 2. The Balaban J connectivity index is 2.50. The third-order valence-electron chi connectivity index (χ3n) is 2.40. The van der Waals surface area contributed by atoms with Gasteiger partial charge in [0, 0.05) is 19.3 Å². The summed E-state index contributed by atoms with van der Waals surface area (Å²) in [5, 5.41) is 12.2. The van der Waals surface area contributed by atoms with E-state index >= 15 is 0 Å². The third kappa shape index (κ3) is 4.71. The number of urea groups is 1. The fourth-order valence-corrected chi connectivity index (χ4v) is 2.64. The molecule has 0 aliphatic rings. The molecule has 0 aliphatic carbocycles. The van der Waals surface area contributed by atoms with Crippen LogP contribution in [0.3, 0.4) is 0 Å². The second-order valence-electron chi connectivity index (χ2n) is 3.90. The highest BCUT2D eigenvalue weighted by Crippen LogP contribution is 2.17. The molecule has 6 nitrogen and oxygen atoms in total. The number of thioether (sulfide) groups is 1. The van der Waals surface area contributed by atoms with E-state index in [2.05, 4.69) is 10.3 Å². The largest absolute Gasteiger partial charge is 0.477 e. The van der Waals surface area contributed by atoms with E-state index in [0.717, 1.165) is 17.1 Å². The number of thiazole rings is 1. The first-order valence-electron chi connectivity index (χ1n) is 5.63. The van der Waals surface area contributed by atoms with Gasteiger partial charge in [-0.05, 0) is 13.2 Å². The fourth-order valence-electron chi connectivity index (χ4n) is 1.34. The van der Waals surface area contributed by atoms with Crippen LogP contribution in [0.5, 0.6) is 0 Å². The van der Waals surface area contributed by atoms with Crippen molar-refractivity contribution in [1.29, 1.82) is 0 Å². The van der Waals surface area contributed by atoms with E-state index in [4.69, 9.17) is 5.11 Å². The van der Waals surface area contributed by atoms with Crippen LogP contribution in [-0.2, 0) is 6.54 Å². The minimum atomic E-state index is -0.982. The maximum absolute atomic E-state index is 11.7. The molecular weight excluding hydrogens is 286 g/mol. The van der Waals surface area contributed by atoms with Gasteiger partial charge in [0.05, 0.1) is 12.2 Å². The van der Waals surface area contributed by atoms with Crippen LogP contribution in [0.1, 0.15) is 20.4 Å². The van der Waals surface area contributed by atoms with Crippen molar-refractivity contribution in [3.63, 3.8) is 0 Å². The fraction of sp³-hybridized carbons (Fsp3) is 0.545. The summed E-state index contributed by atoms with van der Waals surface area (Å²) in [5.41, 5.74) is 0.484. The first kappa shape index (κ1) is 15.8. The predicted molar refractivity (Wildman–Crippen MR) is 77.1 cm³/mol. The van der Waals surface area contributed by atoms with Gasteiger partial charge in [-0.2, -0.15) is 11.8 Å². The van der Waals surface area contributed by atoms with Gasteiger partial charge >= 0.3 is 12.0 Å². The van der Waals surface area contributed by atoms with Crippen LogP contribution in [0.15, 0.2) is 0 Å². The molecule has 0 spiro atoms. The highest BCUT2D eigenvalue weighted by Gasteiger charge is 2.15. The molecule has 2 amide bonds. The summed E-state index contributed by atoms with van der Waals surface area (Å²) in [6, 6.07) is -0.182. The van der Waals surface area contributed by atoms with Crippen molar-refractivity contribution in [1.82, 2.24) is 15.2 Å². The maximum Gasteiger partial charge on any atom is 0.347 e. The van der Waals surface area contributed by atoms with Gasteiger partial charge in [0.25, 0.3) is 0 Å². The SMILES string of the molecule is CSCCN(C)C(=O)NCc1nc(C)c(C(=O)O)s1. The van der Waals surface area contributed by atoms with Crippen molar-refractivity contribution >= 4 is 35.1 Å². The van der Waals surface area contributed by atoms with E-state index in [1.807, 2.05) is 6.26 Å². The lowest BCUT2D eigenvalue weighted by Gasteiger charge is -2.16. The molecule has 0 bridgehead atoms. The van der Waals surface area contributed by atoms with Gasteiger partial charge in [-0.15, -0.1) is 11.3 Å². The molecule has 0 fully saturated rings. The van der Waals surface area contributed by atoms with E-state index in [0.29, 0.717) is 17.2 Å². The van der Waals surface area contributed by atoms with Crippen molar-refractivity contribution in [2.24, 2.45) is 0 Å². The average Bonchev–Trinajstić information content (AvgIpc) is 2.74. The Hall–Kier alpha value is -1.28. The minimum Gasteiger partial charge on any atom is -0.477 e. The van der Waals surface area contributed by atoms with Crippen molar-refractivity contribution < 1.29 is 14.7 Å². The lowest BCUT2D eigenvalue weighted by Crippen LogP contribution is -2.38. The molecule has 1 aromatic rings. The molecule has 0 unspecified atom stereocenters. The lowest BCUT2D eigenvalue weighted by atomic mass is 10.4. The molecule has 0 atom stereocenters. The van der Waals surface area contributed by atoms with Crippen LogP contribution >= 0.6 is 23.1 Å². The summed E-state index contributed by atoms with van der Waals surface area (Å²) in [6.45, 7) is 2.57. The highest BCUT2D eigenvalue weighted by atomic mass is 32.2. The van der Waals surface area contributed by atoms with Crippen LogP contribution in [0.25, 0.3) is 0 Å². The number of amides is 2. The molecule has 1 aromatic heterocycles. The molecule has 0 aliphatic heterocycles. The Kier molecular flexibility index (Phi) is 6.10. The van der Waals surface area contributed by atoms with E-state index in [-0.39, 0.29) is 17.5 Å². The summed E-state index contributed by atoms with van der Waals surface area (Å²) < 4.78 is 0. The number of nitrogens with zero attached hydrogens (tertiary/aromatic N) is 2. The number of carbonyl (C=O) groups excluding carboxylic acids is 1. The topological polar surface area (TPSA) is 82.5 Å². The number of carboxylic acid groups (broad SMARTS) is 1. The second-order valence-corrected chi connectivity index (χ2v) is 5.97. The van der Waals surface area contributed by atoms with E-state index in [1.165, 1.54) is 0 Å². The number of nitrogens with one attached hydrogen (secondary N) is 1. The lowest BCUT2D eigenvalue weighted by molar-refractivity contribution is 0.0701. The van der Waals surface area contributed by atoms with Crippen LogP contribution < -0.4 is 5.32 Å². The molecule has 19 heavy (non-hydrogen) atoms. The molecule has 8 heteroatoms. The number of aryl methyl sites for hydroxylation is 1.